The summed E-state index contributed by atoms with van der Waals surface area (Å²) >= 11 is 0. The average Bonchev–Trinajstić information content (AvgIpc) is 3.02. The van der Waals surface area contributed by atoms with E-state index in [0.717, 1.165) is 32.1 Å². The highest BCUT2D eigenvalue weighted by Crippen LogP contribution is 2.38. The maximum atomic E-state index is 12.9. The molecule has 120 valence electrons. The number of hydrogen-bond donors (Lipinski definition) is 1. The van der Waals surface area contributed by atoms with E-state index in [1.165, 1.54) is 4.90 Å². The molecule has 2 heterocycles. The van der Waals surface area contributed by atoms with E-state index in [2.05, 4.69) is 20.8 Å². The van der Waals surface area contributed by atoms with Gasteiger partial charge in [-0.2, -0.15) is 0 Å². The van der Waals surface area contributed by atoms with Crippen molar-refractivity contribution < 1.29 is 9.59 Å². The third-order valence-electron chi connectivity index (χ3n) is 4.84. The van der Waals surface area contributed by atoms with Gasteiger partial charge in [0, 0.05) is 6.54 Å². The Morgan fingerprint density at radius 1 is 1.36 bits per heavy atom. The number of hydrogen-bond acceptors (Lipinski definition) is 5. The lowest BCUT2D eigenvalue weighted by Crippen LogP contribution is -2.53. The molecule has 8 nitrogen and oxygen atoms in total. The molecule has 1 saturated heterocycles. The number of rotatable bonds is 4. The van der Waals surface area contributed by atoms with Crippen molar-refractivity contribution in [1.82, 2.24) is 30.4 Å². The molecule has 0 aromatic carbocycles. The summed E-state index contributed by atoms with van der Waals surface area (Å²) in [6.45, 7) is 4.87. The van der Waals surface area contributed by atoms with Crippen molar-refractivity contribution in [1.29, 1.82) is 0 Å². The molecule has 2 aliphatic rings. The van der Waals surface area contributed by atoms with E-state index in [-0.39, 0.29) is 24.4 Å². The highest BCUT2D eigenvalue weighted by molar-refractivity contribution is 6.07. The van der Waals surface area contributed by atoms with Crippen LogP contribution in [-0.2, 0) is 17.9 Å². The molecule has 0 unspecified atom stereocenters. The number of imide groups is 1. The summed E-state index contributed by atoms with van der Waals surface area (Å²) in [5.41, 5.74) is -0.724. The van der Waals surface area contributed by atoms with Gasteiger partial charge in [-0.1, -0.05) is 26.7 Å². The second-order valence-corrected chi connectivity index (χ2v) is 6.26. The lowest BCUT2D eigenvalue weighted by atomic mass is 9.73. The number of nitrogens with zero attached hydrogens (tertiary/aromatic N) is 5. The van der Waals surface area contributed by atoms with Gasteiger partial charge in [0.1, 0.15) is 5.54 Å². The molecular formula is C14H22N6O2. The van der Waals surface area contributed by atoms with Crippen LogP contribution in [0, 0.1) is 5.92 Å². The zero-order valence-corrected chi connectivity index (χ0v) is 13.1. The van der Waals surface area contributed by atoms with Gasteiger partial charge in [0.15, 0.2) is 5.82 Å². The van der Waals surface area contributed by atoms with Crippen molar-refractivity contribution in [3.8, 4) is 0 Å². The summed E-state index contributed by atoms with van der Waals surface area (Å²) in [5, 5.41) is 14.4. The van der Waals surface area contributed by atoms with E-state index < -0.39 is 5.54 Å². The highest BCUT2D eigenvalue weighted by atomic mass is 16.2. The predicted octanol–water partition coefficient (Wildman–Crippen LogP) is 1.08. The molecular weight excluding hydrogens is 284 g/mol. The van der Waals surface area contributed by atoms with Crippen LogP contribution in [0.25, 0.3) is 0 Å². The lowest BCUT2D eigenvalue weighted by Gasteiger charge is -2.36. The molecule has 1 spiro atoms. The van der Waals surface area contributed by atoms with Crippen molar-refractivity contribution >= 4 is 11.9 Å². The Morgan fingerprint density at radius 2 is 2.18 bits per heavy atom. The highest BCUT2D eigenvalue weighted by Gasteiger charge is 2.55. The lowest BCUT2D eigenvalue weighted by molar-refractivity contribution is -0.134. The monoisotopic (exact) mass is 306 g/mol. The number of tetrazole rings is 1. The second-order valence-electron chi connectivity index (χ2n) is 6.26. The number of nitrogens with one attached hydrogen (secondary N) is 1. The van der Waals surface area contributed by atoms with Gasteiger partial charge in [0.25, 0.3) is 5.91 Å². The Kier molecular flexibility index (Phi) is 3.84. The van der Waals surface area contributed by atoms with Crippen LogP contribution in [0.3, 0.4) is 0 Å². The first-order valence-corrected chi connectivity index (χ1v) is 7.97. The van der Waals surface area contributed by atoms with Gasteiger partial charge < -0.3 is 5.32 Å². The van der Waals surface area contributed by atoms with Crippen LogP contribution in [0.15, 0.2) is 0 Å². The first-order chi connectivity index (χ1) is 10.6. The number of carbonyl (C=O) groups is 2. The minimum atomic E-state index is -0.724. The molecule has 1 aromatic heterocycles. The summed E-state index contributed by atoms with van der Waals surface area (Å²) < 4.78 is 1.65. The SMILES string of the molecule is CCCn1nnnc1CN1C(=O)N[C@@]2(CCCC[C@H]2C)C1=O. The minimum absolute atomic E-state index is 0.129. The summed E-state index contributed by atoms with van der Waals surface area (Å²) in [7, 11) is 0. The van der Waals surface area contributed by atoms with Crippen LogP contribution >= 0.6 is 0 Å². The molecule has 1 aromatic rings. The molecule has 3 rings (SSSR count). The minimum Gasteiger partial charge on any atom is -0.323 e. The quantitative estimate of drug-likeness (QED) is 0.840. The zero-order chi connectivity index (χ0) is 15.7. The molecule has 22 heavy (non-hydrogen) atoms. The summed E-state index contributed by atoms with van der Waals surface area (Å²) in [5.74, 6) is 0.580. The van der Waals surface area contributed by atoms with E-state index in [1.807, 2.05) is 13.8 Å². The molecule has 1 N–H and O–H groups in total. The van der Waals surface area contributed by atoms with Crippen molar-refractivity contribution in [2.75, 3.05) is 0 Å². The molecule has 2 atom stereocenters. The van der Waals surface area contributed by atoms with Gasteiger partial charge in [-0.3, -0.25) is 9.69 Å². The number of aryl methyl sites for hydroxylation is 1. The third kappa shape index (κ3) is 2.26. The Hall–Kier alpha value is -1.99. The maximum absolute atomic E-state index is 12.9. The maximum Gasteiger partial charge on any atom is 0.325 e. The average molecular weight is 306 g/mol. The van der Waals surface area contributed by atoms with E-state index in [0.29, 0.717) is 12.4 Å². The van der Waals surface area contributed by atoms with Crippen molar-refractivity contribution in [2.45, 2.75) is 64.6 Å². The third-order valence-corrected chi connectivity index (χ3v) is 4.84. The van der Waals surface area contributed by atoms with Gasteiger partial charge in [0.05, 0.1) is 6.54 Å². The topological polar surface area (TPSA) is 93.0 Å². The van der Waals surface area contributed by atoms with Crippen LogP contribution in [0.4, 0.5) is 4.79 Å². The van der Waals surface area contributed by atoms with Gasteiger partial charge >= 0.3 is 6.03 Å². The fourth-order valence-corrected chi connectivity index (χ4v) is 3.50. The second kappa shape index (κ2) is 5.66. The van der Waals surface area contributed by atoms with E-state index in [1.54, 1.807) is 4.68 Å². The Morgan fingerprint density at radius 3 is 2.91 bits per heavy atom. The molecule has 1 aliphatic carbocycles. The van der Waals surface area contributed by atoms with Crippen LogP contribution in [-0.4, -0.2) is 42.6 Å². The number of urea groups is 1. The van der Waals surface area contributed by atoms with Crippen molar-refractivity contribution in [3.05, 3.63) is 5.82 Å². The van der Waals surface area contributed by atoms with Gasteiger partial charge in [0.2, 0.25) is 0 Å². The van der Waals surface area contributed by atoms with Crippen LogP contribution < -0.4 is 5.32 Å². The summed E-state index contributed by atoms with van der Waals surface area (Å²) in [6.07, 6.45) is 4.65. The Bertz CT molecular complexity index is 586. The fourth-order valence-electron chi connectivity index (χ4n) is 3.50. The first-order valence-electron chi connectivity index (χ1n) is 7.97. The van der Waals surface area contributed by atoms with Crippen LogP contribution in [0.2, 0.25) is 0 Å². The molecule has 0 radical (unpaired) electrons. The fraction of sp³-hybridized carbons (Fsp3) is 0.786. The molecule has 3 amide bonds. The standard InChI is InChI=1S/C14H22N6O2/c1-3-8-20-11(16-17-18-20)9-19-12(21)14(15-13(19)22)7-5-4-6-10(14)2/h10H,3-9H2,1-2H3,(H,15,22)/t10-,14-/m1/s1. The van der Waals surface area contributed by atoms with E-state index >= 15 is 0 Å². The van der Waals surface area contributed by atoms with Crippen LogP contribution in [0.1, 0.15) is 51.8 Å². The van der Waals surface area contributed by atoms with Crippen molar-refractivity contribution in [3.63, 3.8) is 0 Å². The van der Waals surface area contributed by atoms with Gasteiger partial charge in [-0.05, 0) is 35.6 Å². The molecule has 0 bridgehead atoms. The Labute approximate surface area is 129 Å². The molecule has 1 aliphatic heterocycles. The molecule has 1 saturated carbocycles. The number of carbonyl (C=O) groups excluding carboxylic acids is 2. The predicted molar refractivity (Wildman–Crippen MR) is 77.6 cm³/mol. The summed E-state index contributed by atoms with van der Waals surface area (Å²) in [6, 6.07) is -0.329. The van der Waals surface area contributed by atoms with Gasteiger partial charge in [-0.15, -0.1) is 5.10 Å². The Balaban J connectivity index is 1.81. The molecule has 8 heteroatoms. The molecule has 2 fully saturated rings. The van der Waals surface area contributed by atoms with Gasteiger partial charge in [-0.25, -0.2) is 9.48 Å². The van der Waals surface area contributed by atoms with Crippen LogP contribution in [0.5, 0.6) is 0 Å². The zero-order valence-electron chi connectivity index (χ0n) is 13.1. The normalized spacial score (nSPS) is 28.5. The van der Waals surface area contributed by atoms with E-state index in [4.69, 9.17) is 0 Å². The number of aromatic nitrogens is 4. The number of amides is 3. The van der Waals surface area contributed by atoms with Crippen molar-refractivity contribution in [2.24, 2.45) is 5.92 Å². The first kappa shape index (κ1) is 14.9. The summed E-state index contributed by atoms with van der Waals surface area (Å²) in [4.78, 5) is 26.4. The largest absolute Gasteiger partial charge is 0.325 e. The smallest absolute Gasteiger partial charge is 0.323 e. The van der Waals surface area contributed by atoms with E-state index in [9.17, 15) is 9.59 Å².